The fourth-order valence-corrected chi connectivity index (χ4v) is 3.71. The van der Waals surface area contributed by atoms with E-state index < -0.39 is 34.8 Å². The number of hydrogen-bond donors (Lipinski definition) is 1. The van der Waals surface area contributed by atoms with Crippen molar-refractivity contribution in [2.75, 3.05) is 20.2 Å². The summed E-state index contributed by atoms with van der Waals surface area (Å²) >= 11 is 1.27. The van der Waals surface area contributed by atoms with Crippen LogP contribution in [0.1, 0.15) is 55.8 Å². The van der Waals surface area contributed by atoms with Crippen LogP contribution in [0, 0.1) is 11.2 Å². The van der Waals surface area contributed by atoms with Crippen molar-refractivity contribution in [2.24, 2.45) is 5.41 Å². The number of carbonyl (C=O) groups is 3. The number of pyridine rings is 1. The average molecular weight is 495 g/mol. The minimum Gasteiger partial charge on any atom is -0.469 e. The van der Waals surface area contributed by atoms with Crippen molar-refractivity contribution in [1.29, 1.82) is 0 Å². The van der Waals surface area contributed by atoms with Crippen LogP contribution in [0.3, 0.4) is 0 Å². The van der Waals surface area contributed by atoms with Gasteiger partial charge in [0.15, 0.2) is 0 Å². The number of amides is 2. The monoisotopic (exact) mass is 494 g/mol. The Bertz CT molecular complexity index is 1020. The third-order valence-electron chi connectivity index (χ3n) is 4.61. The smallest absolute Gasteiger partial charge is 0.410 e. The fraction of sp³-hybridized carbons (Fsp3) is 0.522. The summed E-state index contributed by atoms with van der Waals surface area (Å²) < 4.78 is 24.0. The van der Waals surface area contributed by atoms with E-state index >= 15 is 0 Å². The zero-order valence-corrected chi connectivity index (χ0v) is 21.1. The largest absolute Gasteiger partial charge is 0.469 e. The Hall–Kier alpha value is -3.08. The normalized spacial score (nSPS) is 11.6. The highest BCUT2D eigenvalue weighted by molar-refractivity contribution is 7.09. The van der Waals surface area contributed by atoms with Crippen LogP contribution in [0.4, 0.5) is 9.18 Å². The van der Waals surface area contributed by atoms with Crippen LogP contribution < -0.4 is 5.32 Å². The van der Waals surface area contributed by atoms with Gasteiger partial charge in [-0.15, -0.1) is 11.3 Å². The summed E-state index contributed by atoms with van der Waals surface area (Å²) in [5.41, 5.74) is -1.33. The second kappa shape index (κ2) is 11.4. The molecule has 0 radical (unpaired) electrons. The first-order valence-corrected chi connectivity index (χ1v) is 11.6. The molecule has 0 aliphatic carbocycles. The Balaban J connectivity index is 2.04. The van der Waals surface area contributed by atoms with Gasteiger partial charge in [-0.05, 0) is 46.8 Å². The summed E-state index contributed by atoms with van der Waals surface area (Å²) in [5.74, 6) is -1.40. The number of methoxy groups -OCH3 is 1. The van der Waals surface area contributed by atoms with Gasteiger partial charge in [0, 0.05) is 31.1 Å². The van der Waals surface area contributed by atoms with E-state index in [1.807, 2.05) is 0 Å². The highest BCUT2D eigenvalue weighted by atomic mass is 32.1. The molecule has 34 heavy (non-hydrogen) atoms. The van der Waals surface area contributed by atoms with E-state index in [0.717, 1.165) is 0 Å². The third-order valence-corrected chi connectivity index (χ3v) is 5.52. The molecule has 0 fully saturated rings. The van der Waals surface area contributed by atoms with Crippen molar-refractivity contribution in [3.05, 3.63) is 45.9 Å². The summed E-state index contributed by atoms with van der Waals surface area (Å²) in [7, 11) is 1.30. The number of aromatic nitrogens is 2. The molecule has 0 spiro atoms. The van der Waals surface area contributed by atoms with E-state index in [2.05, 4.69) is 15.3 Å². The Kier molecular flexibility index (Phi) is 9.08. The molecule has 2 heterocycles. The van der Waals surface area contributed by atoms with Crippen molar-refractivity contribution in [2.45, 2.75) is 53.2 Å². The Labute approximate surface area is 202 Å². The molecule has 0 unspecified atom stereocenters. The van der Waals surface area contributed by atoms with Crippen LogP contribution in [0.2, 0.25) is 0 Å². The molecular formula is C23H31FN4O5S. The van der Waals surface area contributed by atoms with Crippen LogP contribution >= 0.6 is 11.3 Å². The highest BCUT2D eigenvalue weighted by Gasteiger charge is 2.34. The maximum atomic E-state index is 13.7. The number of esters is 1. The van der Waals surface area contributed by atoms with Crippen molar-refractivity contribution in [3.63, 3.8) is 0 Å². The van der Waals surface area contributed by atoms with E-state index in [0.29, 0.717) is 11.4 Å². The Morgan fingerprint density at radius 2 is 1.91 bits per heavy atom. The second-order valence-electron chi connectivity index (χ2n) is 9.27. The molecule has 0 saturated carbocycles. The minimum atomic E-state index is -0.944. The molecule has 186 valence electrons. The first-order valence-electron chi connectivity index (χ1n) is 10.7. The van der Waals surface area contributed by atoms with Gasteiger partial charge in [0.25, 0.3) is 5.91 Å². The number of thiazole rings is 1. The van der Waals surface area contributed by atoms with Crippen LogP contribution in [-0.2, 0) is 27.2 Å². The van der Waals surface area contributed by atoms with Crippen molar-refractivity contribution >= 4 is 29.3 Å². The molecule has 1 N–H and O–H groups in total. The van der Waals surface area contributed by atoms with E-state index in [1.54, 1.807) is 40.0 Å². The van der Waals surface area contributed by atoms with E-state index in [-0.39, 0.29) is 31.0 Å². The topological polar surface area (TPSA) is 111 Å². The predicted octanol–water partition coefficient (Wildman–Crippen LogP) is 3.59. The molecule has 2 aromatic heterocycles. The quantitative estimate of drug-likeness (QED) is 0.531. The average Bonchev–Trinajstić information content (AvgIpc) is 3.23. The van der Waals surface area contributed by atoms with Crippen molar-refractivity contribution < 1.29 is 28.2 Å². The first-order chi connectivity index (χ1) is 15.8. The first kappa shape index (κ1) is 27.2. The van der Waals surface area contributed by atoms with Crippen molar-refractivity contribution in [1.82, 2.24) is 20.2 Å². The summed E-state index contributed by atoms with van der Waals surface area (Å²) in [6.07, 6.45) is 1.24. The van der Waals surface area contributed by atoms with Gasteiger partial charge in [-0.1, -0.05) is 0 Å². The van der Waals surface area contributed by atoms with Crippen LogP contribution in [0.25, 0.3) is 0 Å². The number of nitrogens with one attached hydrogen (secondary N) is 1. The molecular weight excluding hydrogens is 463 g/mol. The molecule has 0 aliphatic heterocycles. The van der Waals surface area contributed by atoms with Gasteiger partial charge in [-0.2, -0.15) is 0 Å². The van der Waals surface area contributed by atoms with Gasteiger partial charge in [0.1, 0.15) is 17.1 Å². The maximum absolute atomic E-state index is 13.7. The lowest BCUT2D eigenvalue weighted by molar-refractivity contribution is -0.151. The molecule has 0 aromatic carbocycles. The number of ether oxygens (including phenoxy) is 2. The lowest BCUT2D eigenvalue weighted by Gasteiger charge is -2.32. The SMILES string of the molecule is COC(=O)C(C)(C)CN(CCc1nc(C(=O)NCc2ncccc2F)cs1)C(=O)OC(C)(C)C. The van der Waals surface area contributed by atoms with Gasteiger partial charge in [-0.3, -0.25) is 14.6 Å². The molecule has 0 bridgehead atoms. The molecule has 9 nitrogen and oxygen atoms in total. The number of hydrogen-bond acceptors (Lipinski definition) is 8. The number of nitrogens with zero attached hydrogens (tertiary/aromatic N) is 3. The van der Waals surface area contributed by atoms with E-state index in [9.17, 15) is 18.8 Å². The lowest BCUT2D eigenvalue weighted by Crippen LogP contribution is -2.45. The second-order valence-corrected chi connectivity index (χ2v) is 10.2. The summed E-state index contributed by atoms with van der Waals surface area (Å²) in [5, 5.41) is 4.81. The summed E-state index contributed by atoms with van der Waals surface area (Å²) in [6.45, 7) is 8.91. The van der Waals surface area contributed by atoms with E-state index in [1.165, 1.54) is 41.7 Å². The Morgan fingerprint density at radius 1 is 1.21 bits per heavy atom. The highest BCUT2D eigenvalue weighted by Crippen LogP contribution is 2.22. The molecule has 0 atom stereocenters. The molecule has 2 amide bonds. The molecule has 0 aliphatic rings. The molecule has 11 heteroatoms. The van der Waals surface area contributed by atoms with Gasteiger partial charge in [0.2, 0.25) is 0 Å². The van der Waals surface area contributed by atoms with Gasteiger partial charge < -0.3 is 19.7 Å². The standard InChI is InChI=1S/C23H31FN4O5S/c1-22(2,3)33-21(31)28(14-23(4,5)20(30)32-6)11-9-18-27-17(13-34-18)19(29)26-12-16-15(24)8-7-10-25-16/h7-8,10,13H,9,11-12,14H2,1-6H3,(H,26,29). The molecule has 2 rings (SSSR count). The summed E-state index contributed by atoms with van der Waals surface area (Å²) in [6, 6.07) is 2.74. The molecule has 2 aromatic rings. The van der Waals surface area contributed by atoms with Gasteiger partial charge in [0.05, 0.1) is 29.8 Å². The van der Waals surface area contributed by atoms with Crippen molar-refractivity contribution in [3.8, 4) is 0 Å². The van der Waals surface area contributed by atoms with Crippen LogP contribution in [-0.4, -0.2) is 58.6 Å². The Morgan fingerprint density at radius 3 is 2.53 bits per heavy atom. The number of halogens is 1. The van der Waals surface area contributed by atoms with Gasteiger partial charge in [-0.25, -0.2) is 14.2 Å². The molecule has 0 saturated heterocycles. The van der Waals surface area contributed by atoms with Gasteiger partial charge >= 0.3 is 12.1 Å². The zero-order valence-electron chi connectivity index (χ0n) is 20.3. The maximum Gasteiger partial charge on any atom is 0.410 e. The number of rotatable bonds is 9. The van der Waals surface area contributed by atoms with E-state index in [4.69, 9.17) is 9.47 Å². The zero-order chi connectivity index (χ0) is 25.5. The third kappa shape index (κ3) is 8.05. The lowest BCUT2D eigenvalue weighted by atomic mass is 9.93. The fourth-order valence-electron chi connectivity index (χ4n) is 2.94. The van der Waals surface area contributed by atoms with Crippen LogP contribution in [0.5, 0.6) is 0 Å². The minimum absolute atomic E-state index is 0.0621. The number of carbonyl (C=O) groups excluding carboxylic acids is 3. The predicted molar refractivity (Wildman–Crippen MR) is 125 cm³/mol. The summed E-state index contributed by atoms with van der Waals surface area (Å²) in [4.78, 5) is 46.9. The van der Waals surface area contributed by atoms with Crippen LogP contribution in [0.15, 0.2) is 23.7 Å².